The molecule has 2 aromatic heterocycles. The highest BCUT2D eigenvalue weighted by atomic mass is 32.1. The summed E-state index contributed by atoms with van der Waals surface area (Å²) in [5.74, 6) is 1.68. The Bertz CT molecular complexity index is 1230. The quantitative estimate of drug-likeness (QED) is 0.368. The number of nitrogens with one attached hydrogen (secondary N) is 1. The number of aromatic hydroxyl groups is 1. The van der Waals surface area contributed by atoms with E-state index in [4.69, 9.17) is 4.74 Å². The number of fused-ring (bicyclic) bond motifs is 2. The van der Waals surface area contributed by atoms with Crippen LogP contribution in [0.2, 0.25) is 0 Å². The summed E-state index contributed by atoms with van der Waals surface area (Å²) in [4.78, 5) is 7.05. The number of likely N-dealkylation sites (tertiary alicyclic amines) is 1. The number of thiophene rings is 1. The lowest BCUT2D eigenvalue weighted by atomic mass is 9.90. The fraction of sp³-hybridized carbons (Fsp3) is 0.385. The van der Waals surface area contributed by atoms with Crippen LogP contribution in [0.1, 0.15) is 36.3 Å². The number of nitrogens with zero attached hydrogens (tertiary/aromatic N) is 1. The average Bonchev–Trinajstić information content (AvgIpc) is 3.37. The van der Waals surface area contributed by atoms with E-state index in [0.29, 0.717) is 24.3 Å². The summed E-state index contributed by atoms with van der Waals surface area (Å²) >= 11 is 1.79. The monoisotopic (exact) mass is 450 g/mol. The zero-order chi connectivity index (χ0) is 22.2. The summed E-state index contributed by atoms with van der Waals surface area (Å²) in [6.07, 6.45) is 1.59. The van der Waals surface area contributed by atoms with E-state index in [2.05, 4.69) is 35.0 Å². The van der Waals surface area contributed by atoms with Gasteiger partial charge in [-0.3, -0.25) is 4.90 Å². The molecule has 0 radical (unpaired) electrons. The standard InChI is InChI=1S/C26H30N2O3S/c1-16-11-20-22(27-16)5-3-7-24(20)31-15-19(29)14-28-10-9-18(12-17(28)2)26-13-21-23(30)6-4-8-25(21)32-26/h3-8,11,13,17-19,27,29-30H,9-10,12,14-15H2,1-2H3/t17-,18-,19+/m1/s1. The van der Waals surface area contributed by atoms with Crippen LogP contribution in [-0.2, 0) is 0 Å². The van der Waals surface area contributed by atoms with Crippen LogP contribution in [0.4, 0.5) is 0 Å². The first-order valence-corrected chi connectivity index (χ1v) is 12.1. The summed E-state index contributed by atoms with van der Waals surface area (Å²) in [6, 6.07) is 16.3. The summed E-state index contributed by atoms with van der Waals surface area (Å²) < 4.78 is 7.14. The van der Waals surface area contributed by atoms with E-state index in [1.54, 1.807) is 17.4 Å². The Morgan fingerprint density at radius 3 is 2.84 bits per heavy atom. The number of hydrogen-bond donors (Lipinski definition) is 3. The van der Waals surface area contributed by atoms with Crippen LogP contribution >= 0.6 is 11.3 Å². The van der Waals surface area contributed by atoms with Crippen molar-refractivity contribution in [3.8, 4) is 11.5 Å². The maximum atomic E-state index is 10.7. The van der Waals surface area contributed by atoms with Crippen molar-refractivity contribution in [1.29, 1.82) is 0 Å². The second-order valence-electron chi connectivity index (χ2n) is 9.04. The number of aliphatic hydroxyl groups is 1. The van der Waals surface area contributed by atoms with Crippen LogP contribution in [0.3, 0.4) is 0 Å². The minimum absolute atomic E-state index is 0.283. The predicted molar refractivity (Wildman–Crippen MR) is 131 cm³/mol. The van der Waals surface area contributed by atoms with Crippen molar-refractivity contribution in [1.82, 2.24) is 9.88 Å². The Hall–Kier alpha value is -2.54. The first-order chi connectivity index (χ1) is 15.5. The van der Waals surface area contributed by atoms with Crippen molar-refractivity contribution in [3.63, 3.8) is 0 Å². The number of aliphatic hydroxyl groups excluding tert-OH is 1. The molecule has 0 unspecified atom stereocenters. The van der Waals surface area contributed by atoms with Gasteiger partial charge in [-0.25, -0.2) is 0 Å². The van der Waals surface area contributed by atoms with Crippen molar-refractivity contribution < 1.29 is 14.9 Å². The number of H-pyrrole nitrogens is 1. The summed E-state index contributed by atoms with van der Waals surface area (Å²) in [6.45, 7) is 6.13. The van der Waals surface area contributed by atoms with E-state index in [1.165, 1.54) is 4.88 Å². The van der Waals surface area contributed by atoms with Gasteiger partial charge in [0.1, 0.15) is 24.2 Å². The molecule has 168 valence electrons. The van der Waals surface area contributed by atoms with Crippen LogP contribution in [0.15, 0.2) is 48.5 Å². The van der Waals surface area contributed by atoms with Gasteiger partial charge in [-0.1, -0.05) is 12.1 Å². The van der Waals surface area contributed by atoms with Gasteiger partial charge in [-0.05, 0) is 75.5 Å². The number of aryl methyl sites for hydroxylation is 1. The van der Waals surface area contributed by atoms with Gasteiger partial charge < -0.3 is 19.9 Å². The Morgan fingerprint density at radius 1 is 1.19 bits per heavy atom. The molecule has 0 spiro atoms. The van der Waals surface area contributed by atoms with E-state index in [-0.39, 0.29) is 6.61 Å². The molecule has 32 heavy (non-hydrogen) atoms. The van der Waals surface area contributed by atoms with E-state index >= 15 is 0 Å². The smallest absolute Gasteiger partial charge is 0.128 e. The predicted octanol–water partition coefficient (Wildman–Crippen LogP) is 5.40. The van der Waals surface area contributed by atoms with Crippen LogP contribution in [-0.4, -0.2) is 51.9 Å². The molecule has 0 aliphatic carbocycles. The number of phenolic OH excluding ortho intramolecular Hbond substituents is 1. The van der Waals surface area contributed by atoms with Gasteiger partial charge in [-0.15, -0.1) is 11.3 Å². The summed E-state index contributed by atoms with van der Waals surface area (Å²) in [5, 5.41) is 22.8. The Kier molecular flexibility index (Phi) is 5.84. The first-order valence-electron chi connectivity index (χ1n) is 11.3. The molecule has 1 aliphatic heterocycles. The maximum Gasteiger partial charge on any atom is 0.128 e. The van der Waals surface area contributed by atoms with E-state index in [1.807, 2.05) is 31.2 Å². The van der Waals surface area contributed by atoms with Gasteiger partial charge in [0.25, 0.3) is 0 Å². The van der Waals surface area contributed by atoms with Crippen LogP contribution in [0.25, 0.3) is 21.0 Å². The van der Waals surface area contributed by atoms with Crippen molar-refractivity contribution >= 4 is 32.3 Å². The van der Waals surface area contributed by atoms with Gasteiger partial charge in [0.15, 0.2) is 0 Å². The van der Waals surface area contributed by atoms with E-state index < -0.39 is 6.10 Å². The van der Waals surface area contributed by atoms with Gasteiger partial charge >= 0.3 is 0 Å². The lowest BCUT2D eigenvalue weighted by Crippen LogP contribution is -2.45. The third-order valence-electron chi connectivity index (χ3n) is 6.61. The maximum absolute atomic E-state index is 10.7. The highest BCUT2D eigenvalue weighted by Crippen LogP contribution is 2.40. The van der Waals surface area contributed by atoms with Crippen LogP contribution < -0.4 is 4.74 Å². The molecule has 3 atom stereocenters. The molecule has 6 heteroatoms. The molecule has 0 amide bonds. The molecule has 2 aromatic carbocycles. The molecule has 5 nitrogen and oxygen atoms in total. The lowest BCUT2D eigenvalue weighted by Gasteiger charge is -2.38. The van der Waals surface area contributed by atoms with Gasteiger partial charge in [0.2, 0.25) is 0 Å². The van der Waals surface area contributed by atoms with Crippen LogP contribution in [0.5, 0.6) is 11.5 Å². The van der Waals surface area contributed by atoms with Crippen molar-refractivity contribution in [2.45, 2.75) is 44.8 Å². The van der Waals surface area contributed by atoms with Crippen LogP contribution in [0, 0.1) is 6.92 Å². The summed E-state index contributed by atoms with van der Waals surface area (Å²) in [5.41, 5.74) is 2.15. The fourth-order valence-corrected chi connectivity index (χ4v) is 6.15. The number of phenols is 1. The topological polar surface area (TPSA) is 68.7 Å². The number of benzene rings is 2. The number of aromatic nitrogens is 1. The van der Waals surface area contributed by atoms with E-state index in [9.17, 15) is 10.2 Å². The van der Waals surface area contributed by atoms with E-state index in [0.717, 1.165) is 51.8 Å². The highest BCUT2D eigenvalue weighted by Gasteiger charge is 2.29. The normalized spacial score (nSPS) is 20.7. The molecule has 1 fully saturated rings. The highest BCUT2D eigenvalue weighted by molar-refractivity contribution is 7.19. The average molecular weight is 451 g/mol. The largest absolute Gasteiger partial charge is 0.507 e. The molecule has 3 heterocycles. The Morgan fingerprint density at radius 2 is 2.03 bits per heavy atom. The van der Waals surface area contributed by atoms with Crippen molar-refractivity contribution in [3.05, 3.63) is 59.1 Å². The fourth-order valence-electron chi connectivity index (χ4n) is 4.92. The third-order valence-corrected chi connectivity index (χ3v) is 7.87. The third kappa shape index (κ3) is 4.22. The number of piperidine rings is 1. The molecular formula is C26H30N2O3S. The Balaban J connectivity index is 1.18. The molecule has 5 rings (SSSR count). The molecule has 1 saturated heterocycles. The second kappa shape index (κ2) is 8.77. The molecular weight excluding hydrogens is 420 g/mol. The molecule has 1 aliphatic rings. The Labute approximate surface area is 192 Å². The molecule has 4 aromatic rings. The zero-order valence-corrected chi connectivity index (χ0v) is 19.4. The van der Waals surface area contributed by atoms with Gasteiger partial charge in [0, 0.05) is 44.1 Å². The number of β-amino-alcohol motifs (C(OH)–C–C–N with tert-alkyl or cyclic N) is 1. The molecule has 0 bridgehead atoms. The first kappa shape index (κ1) is 21.3. The second-order valence-corrected chi connectivity index (χ2v) is 10.2. The number of ether oxygens (including phenoxy) is 1. The SMILES string of the molecule is Cc1cc2c(OC[C@@H](O)CN3CC[C@@H](c4cc5c(O)cccc5s4)C[C@H]3C)cccc2[nH]1. The van der Waals surface area contributed by atoms with Crippen molar-refractivity contribution in [2.24, 2.45) is 0 Å². The van der Waals surface area contributed by atoms with Gasteiger partial charge in [0.05, 0.1) is 0 Å². The molecule has 0 saturated carbocycles. The van der Waals surface area contributed by atoms with Crippen molar-refractivity contribution in [2.75, 3.05) is 19.7 Å². The van der Waals surface area contributed by atoms with Gasteiger partial charge in [-0.2, -0.15) is 0 Å². The minimum atomic E-state index is -0.537. The zero-order valence-electron chi connectivity index (χ0n) is 18.5. The lowest BCUT2D eigenvalue weighted by molar-refractivity contribution is 0.0408. The minimum Gasteiger partial charge on any atom is -0.507 e. The summed E-state index contributed by atoms with van der Waals surface area (Å²) in [7, 11) is 0. The molecule has 3 N–H and O–H groups in total. The number of hydrogen-bond acceptors (Lipinski definition) is 5. The number of rotatable bonds is 6. The number of aromatic amines is 1.